The third-order valence-corrected chi connectivity index (χ3v) is 2.73. The minimum absolute atomic E-state index is 0.629. The van der Waals surface area contributed by atoms with Crippen molar-refractivity contribution in [2.45, 2.75) is 59.3 Å². The van der Waals surface area contributed by atoms with Crippen molar-refractivity contribution < 1.29 is 0 Å². The van der Waals surface area contributed by atoms with Crippen LogP contribution in [0.25, 0.3) is 0 Å². The summed E-state index contributed by atoms with van der Waals surface area (Å²) in [5.74, 6) is 12.0. The average molecular weight is 242 g/mol. The molecule has 1 unspecified atom stereocenters. The predicted molar refractivity (Wildman–Crippen MR) is 82.0 cm³/mol. The molecule has 1 atom stereocenters. The molecular formula is C18H26. The van der Waals surface area contributed by atoms with Gasteiger partial charge in [0.1, 0.15) is 0 Å². The molecule has 0 saturated heterocycles. The molecule has 0 aromatic heterocycles. The quantitative estimate of drug-likeness (QED) is 0.429. The molecule has 0 aromatic rings. The molecule has 18 heavy (non-hydrogen) atoms. The lowest BCUT2D eigenvalue weighted by atomic mass is 10.0. The van der Waals surface area contributed by atoms with Gasteiger partial charge < -0.3 is 0 Å². The Morgan fingerprint density at radius 2 is 1.61 bits per heavy atom. The fourth-order valence-electron chi connectivity index (χ4n) is 1.62. The van der Waals surface area contributed by atoms with Crippen LogP contribution in [0.15, 0.2) is 24.3 Å². The lowest BCUT2D eigenvalue weighted by Gasteiger charge is -2.04. The van der Waals surface area contributed by atoms with E-state index in [-0.39, 0.29) is 0 Å². The third-order valence-electron chi connectivity index (χ3n) is 2.73. The van der Waals surface area contributed by atoms with Gasteiger partial charge in [0.25, 0.3) is 0 Å². The maximum Gasteiger partial charge on any atom is -0.0102 e. The Balaban J connectivity index is 3.68. The number of rotatable bonds is 7. The van der Waals surface area contributed by atoms with E-state index in [1.54, 1.807) is 6.08 Å². The van der Waals surface area contributed by atoms with Crippen LogP contribution in [-0.4, -0.2) is 0 Å². The molecule has 0 aromatic carbocycles. The summed E-state index contributed by atoms with van der Waals surface area (Å²) < 4.78 is 0. The van der Waals surface area contributed by atoms with Crippen molar-refractivity contribution in [2.75, 3.05) is 0 Å². The second-order valence-electron chi connectivity index (χ2n) is 4.58. The van der Waals surface area contributed by atoms with Crippen LogP contribution in [-0.2, 0) is 0 Å². The highest BCUT2D eigenvalue weighted by Gasteiger charge is 1.96. The Morgan fingerprint density at radius 1 is 0.944 bits per heavy atom. The highest BCUT2D eigenvalue weighted by Crippen LogP contribution is 2.11. The van der Waals surface area contributed by atoms with Crippen LogP contribution in [0.2, 0.25) is 0 Å². The smallest absolute Gasteiger partial charge is 0.0102 e. The highest BCUT2D eigenvalue weighted by atomic mass is 14.0. The minimum Gasteiger partial charge on any atom is -0.0792 e. The van der Waals surface area contributed by atoms with E-state index in [0.29, 0.717) is 5.92 Å². The topological polar surface area (TPSA) is 0 Å². The van der Waals surface area contributed by atoms with Crippen LogP contribution >= 0.6 is 0 Å². The van der Waals surface area contributed by atoms with E-state index >= 15 is 0 Å². The first-order chi connectivity index (χ1) is 8.81. The maximum absolute atomic E-state index is 2.95. The Kier molecular flexibility index (Phi) is 12.6. The van der Waals surface area contributed by atoms with E-state index in [4.69, 9.17) is 0 Å². The zero-order valence-corrected chi connectivity index (χ0v) is 12.1. The first-order valence-electron chi connectivity index (χ1n) is 7.10. The van der Waals surface area contributed by atoms with Gasteiger partial charge in [0.2, 0.25) is 0 Å². The molecule has 0 fully saturated rings. The summed E-state index contributed by atoms with van der Waals surface area (Å²) in [5.41, 5.74) is 0. The molecule has 0 saturated carbocycles. The summed E-state index contributed by atoms with van der Waals surface area (Å²) in [5, 5.41) is 0. The molecule has 0 heterocycles. The van der Waals surface area contributed by atoms with Crippen LogP contribution < -0.4 is 0 Å². The monoisotopic (exact) mass is 242 g/mol. The minimum atomic E-state index is 0.629. The van der Waals surface area contributed by atoms with Crippen molar-refractivity contribution in [3.8, 4) is 23.7 Å². The largest absolute Gasteiger partial charge is 0.0792 e. The molecule has 0 amide bonds. The van der Waals surface area contributed by atoms with Gasteiger partial charge in [-0.25, -0.2) is 0 Å². The Hall–Kier alpha value is -1.40. The fraction of sp³-hybridized carbons (Fsp3) is 0.556. The van der Waals surface area contributed by atoms with Crippen molar-refractivity contribution in [1.29, 1.82) is 0 Å². The molecule has 0 spiro atoms. The molecular weight excluding hydrogens is 216 g/mol. The summed E-state index contributed by atoms with van der Waals surface area (Å²) in [6.45, 7) is 6.46. The van der Waals surface area contributed by atoms with Crippen LogP contribution in [0.4, 0.5) is 0 Å². The second kappa shape index (κ2) is 13.7. The molecule has 0 rings (SSSR count). The average Bonchev–Trinajstić information content (AvgIpc) is 2.37. The van der Waals surface area contributed by atoms with Gasteiger partial charge in [0.05, 0.1) is 0 Å². The molecule has 0 aliphatic rings. The van der Waals surface area contributed by atoms with Gasteiger partial charge in [-0.1, -0.05) is 69.9 Å². The number of allylic oxidation sites excluding steroid dienone is 4. The maximum atomic E-state index is 2.95. The number of unbranched alkanes of at least 4 members (excludes halogenated alkanes) is 4. The van der Waals surface area contributed by atoms with Gasteiger partial charge in [-0.05, 0) is 43.3 Å². The van der Waals surface area contributed by atoms with Crippen LogP contribution in [0.3, 0.4) is 0 Å². The van der Waals surface area contributed by atoms with E-state index in [1.165, 1.54) is 38.5 Å². The molecule has 0 heteroatoms. The van der Waals surface area contributed by atoms with E-state index in [2.05, 4.69) is 43.6 Å². The summed E-state index contributed by atoms with van der Waals surface area (Å²) in [4.78, 5) is 0. The van der Waals surface area contributed by atoms with E-state index in [9.17, 15) is 0 Å². The number of hydrogen-bond donors (Lipinski definition) is 0. The molecule has 0 bridgehead atoms. The van der Waals surface area contributed by atoms with Crippen molar-refractivity contribution >= 4 is 0 Å². The summed E-state index contributed by atoms with van der Waals surface area (Å²) in [6, 6.07) is 0. The van der Waals surface area contributed by atoms with Gasteiger partial charge in [0, 0.05) is 0 Å². The van der Waals surface area contributed by atoms with Crippen molar-refractivity contribution in [3.63, 3.8) is 0 Å². The fourth-order valence-corrected chi connectivity index (χ4v) is 1.62. The van der Waals surface area contributed by atoms with Crippen LogP contribution in [0.1, 0.15) is 59.3 Å². The van der Waals surface area contributed by atoms with Crippen molar-refractivity contribution in [1.82, 2.24) is 0 Å². The number of hydrogen-bond acceptors (Lipinski definition) is 0. The molecule has 98 valence electrons. The first kappa shape index (κ1) is 16.6. The van der Waals surface area contributed by atoms with E-state index in [0.717, 1.165) is 0 Å². The first-order valence-corrected chi connectivity index (χ1v) is 7.10. The Bertz CT molecular complexity index is 349. The molecule has 0 aliphatic carbocycles. The zero-order valence-electron chi connectivity index (χ0n) is 12.1. The van der Waals surface area contributed by atoms with Crippen LogP contribution in [0, 0.1) is 29.6 Å². The molecule has 0 nitrogen and oxygen atoms in total. The van der Waals surface area contributed by atoms with Crippen LogP contribution in [0.5, 0.6) is 0 Å². The normalized spacial score (nSPS) is 11.9. The highest BCUT2D eigenvalue weighted by molar-refractivity contribution is 5.33. The van der Waals surface area contributed by atoms with Gasteiger partial charge in [-0.15, -0.1) is 0 Å². The lowest BCUT2D eigenvalue weighted by Crippen LogP contribution is -1.89. The molecule has 0 radical (unpaired) electrons. The summed E-state index contributed by atoms with van der Waals surface area (Å²) >= 11 is 0. The Morgan fingerprint density at radius 3 is 2.28 bits per heavy atom. The standard InChI is InChI=1S/C18H26/c1-4-6-8-10-11-13-15-17-18(3)16-14-12-9-7-5-2/h4,6,15,17-18H,5,7,9,12,14,16H2,1-3H3. The van der Waals surface area contributed by atoms with Crippen molar-refractivity contribution in [2.24, 2.45) is 5.92 Å². The summed E-state index contributed by atoms with van der Waals surface area (Å²) in [6.07, 6.45) is 15.9. The molecule has 0 N–H and O–H groups in total. The Labute approximate surface area is 114 Å². The predicted octanol–water partition coefficient (Wildman–Crippen LogP) is 5.12. The SMILES string of the molecule is CC=CC#CC#CC=CC(C)CCCCCCC. The zero-order chi connectivity index (χ0) is 13.5. The van der Waals surface area contributed by atoms with E-state index < -0.39 is 0 Å². The van der Waals surface area contributed by atoms with Gasteiger partial charge in [0.15, 0.2) is 0 Å². The lowest BCUT2D eigenvalue weighted by molar-refractivity contribution is 0.551. The molecule has 0 aliphatic heterocycles. The third kappa shape index (κ3) is 12.7. The van der Waals surface area contributed by atoms with Gasteiger partial charge in [-0.3, -0.25) is 0 Å². The van der Waals surface area contributed by atoms with E-state index in [1.807, 2.05) is 19.1 Å². The van der Waals surface area contributed by atoms with Gasteiger partial charge >= 0.3 is 0 Å². The van der Waals surface area contributed by atoms with Crippen molar-refractivity contribution in [3.05, 3.63) is 24.3 Å². The summed E-state index contributed by atoms with van der Waals surface area (Å²) in [7, 11) is 0. The second-order valence-corrected chi connectivity index (χ2v) is 4.58. The van der Waals surface area contributed by atoms with Gasteiger partial charge in [-0.2, -0.15) is 0 Å².